The molecule has 1 aromatic rings. The third-order valence-corrected chi connectivity index (χ3v) is 4.71. The van der Waals surface area contributed by atoms with Crippen LogP contribution in [0.4, 0.5) is 8.78 Å². The van der Waals surface area contributed by atoms with Gasteiger partial charge in [-0.1, -0.05) is 44.0 Å². The van der Waals surface area contributed by atoms with E-state index in [0.717, 1.165) is 5.92 Å². The molecule has 0 nitrogen and oxygen atoms in total. The van der Waals surface area contributed by atoms with E-state index in [0.29, 0.717) is 5.92 Å². The van der Waals surface area contributed by atoms with Crippen molar-refractivity contribution in [1.82, 2.24) is 0 Å². The summed E-state index contributed by atoms with van der Waals surface area (Å²) in [5.74, 6) is 1.44. The van der Waals surface area contributed by atoms with Crippen LogP contribution in [0, 0.1) is 5.92 Å². The Labute approximate surface area is 122 Å². The number of benzene rings is 1. The van der Waals surface area contributed by atoms with Gasteiger partial charge in [0, 0.05) is 5.56 Å². The van der Waals surface area contributed by atoms with Crippen LogP contribution in [-0.2, 0) is 4.83 Å². The minimum atomic E-state index is -2.91. The number of halogens is 3. The normalized spacial score (nSPS) is 24.4. The molecule has 0 unspecified atom stereocenters. The van der Waals surface area contributed by atoms with E-state index in [4.69, 9.17) is 0 Å². The van der Waals surface area contributed by atoms with Crippen molar-refractivity contribution in [3.63, 3.8) is 0 Å². The van der Waals surface area contributed by atoms with Gasteiger partial charge in [-0.15, -0.1) is 0 Å². The van der Waals surface area contributed by atoms with Crippen molar-refractivity contribution in [3.05, 3.63) is 35.4 Å². The topological polar surface area (TPSA) is 0 Å². The lowest BCUT2D eigenvalue weighted by atomic mass is 9.77. The second kappa shape index (κ2) is 6.34. The highest BCUT2D eigenvalue weighted by atomic mass is 79.9. The van der Waals surface area contributed by atoms with E-state index in [1.54, 1.807) is 12.1 Å². The maximum Gasteiger partial charge on any atom is 0.326 e. The van der Waals surface area contributed by atoms with Gasteiger partial charge in [0.2, 0.25) is 0 Å². The molecule has 1 aromatic carbocycles. The minimum absolute atomic E-state index is 0.0379. The van der Waals surface area contributed by atoms with E-state index in [-0.39, 0.29) is 5.56 Å². The molecular weight excluding hydrogens is 310 g/mol. The van der Waals surface area contributed by atoms with Gasteiger partial charge in [-0.3, -0.25) is 0 Å². The largest absolute Gasteiger partial charge is 0.326 e. The summed E-state index contributed by atoms with van der Waals surface area (Å²) in [6, 6.07) is 6.83. The first-order valence-corrected chi connectivity index (χ1v) is 7.97. The lowest BCUT2D eigenvalue weighted by Crippen LogP contribution is -2.13. The second-order valence-electron chi connectivity index (χ2n) is 5.63. The molecule has 1 saturated carbocycles. The van der Waals surface area contributed by atoms with Crippen molar-refractivity contribution in [2.75, 3.05) is 0 Å². The summed E-state index contributed by atoms with van der Waals surface area (Å²) in [5, 5.41) is 0. The number of hydrogen-bond donors (Lipinski definition) is 0. The molecule has 1 aliphatic rings. The Morgan fingerprint density at radius 1 is 1.11 bits per heavy atom. The molecule has 0 amide bonds. The van der Waals surface area contributed by atoms with Crippen LogP contribution in [0.25, 0.3) is 0 Å². The zero-order chi connectivity index (χ0) is 13.9. The molecule has 1 fully saturated rings. The van der Waals surface area contributed by atoms with Crippen molar-refractivity contribution in [2.45, 2.75) is 56.2 Å². The van der Waals surface area contributed by atoms with E-state index in [9.17, 15) is 8.78 Å². The maximum absolute atomic E-state index is 13.1. The molecule has 0 N–H and O–H groups in total. The number of hydrogen-bond acceptors (Lipinski definition) is 0. The van der Waals surface area contributed by atoms with Crippen LogP contribution in [-0.4, -0.2) is 0 Å². The molecule has 106 valence electrons. The average molecular weight is 331 g/mol. The van der Waals surface area contributed by atoms with E-state index < -0.39 is 4.83 Å². The first-order chi connectivity index (χ1) is 9.00. The second-order valence-corrected chi connectivity index (χ2v) is 6.62. The van der Waals surface area contributed by atoms with Crippen molar-refractivity contribution < 1.29 is 8.78 Å². The van der Waals surface area contributed by atoms with Gasteiger partial charge in [0.15, 0.2) is 0 Å². The predicted molar refractivity (Wildman–Crippen MR) is 78.9 cm³/mol. The molecule has 0 heterocycles. The molecule has 0 saturated heterocycles. The Kier molecular flexibility index (Phi) is 4.99. The van der Waals surface area contributed by atoms with Gasteiger partial charge >= 0.3 is 4.83 Å². The molecule has 19 heavy (non-hydrogen) atoms. The number of rotatable bonds is 4. The molecule has 3 heteroatoms. The zero-order valence-corrected chi connectivity index (χ0v) is 12.9. The summed E-state index contributed by atoms with van der Waals surface area (Å²) in [4.78, 5) is -2.91. The first-order valence-electron chi connectivity index (χ1n) is 7.18. The number of alkyl halides is 3. The first kappa shape index (κ1) is 15.0. The van der Waals surface area contributed by atoms with Gasteiger partial charge in [-0.2, -0.15) is 8.78 Å². The maximum atomic E-state index is 13.1. The predicted octanol–water partition coefficient (Wildman–Crippen LogP) is 6.20. The quantitative estimate of drug-likeness (QED) is 0.576. The molecular formula is C16H21BrF2. The molecule has 0 aliphatic heterocycles. The molecule has 0 spiro atoms. The molecule has 0 atom stereocenters. The standard InChI is InChI=1S/C16H21BrF2/c1-2-3-12-4-6-13(7-5-12)14-8-10-15(11-9-14)16(17,18)19/h8-13H,2-7H2,1H3. The third kappa shape index (κ3) is 4.01. The van der Waals surface area contributed by atoms with Gasteiger partial charge in [0.05, 0.1) is 0 Å². The van der Waals surface area contributed by atoms with Crippen molar-refractivity contribution in [3.8, 4) is 0 Å². The Hall–Kier alpha value is -0.440. The third-order valence-electron chi connectivity index (χ3n) is 4.25. The summed E-state index contributed by atoms with van der Waals surface area (Å²) >= 11 is 2.40. The fraction of sp³-hybridized carbons (Fsp3) is 0.625. The van der Waals surface area contributed by atoms with Crippen LogP contribution in [0.5, 0.6) is 0 Å². The Morgan fingerprint density at radius 2 is 1.68 bits per heavy atom. The van der Waals surface area contributed by atoms with E-state index in [1.807, 2.05) is 12.1 Å². The molecule has 0 bridgehead atoms. The Bertz CT molecular complexity index is 386. The highest BCUT2D eigenvalue weighted by Gasteiger charge is 2.27. The minimum Gasteiger partial charge on any atom is -0.188 e. The monoisotopic (exact) mass is 330 g/mol. The van der Waals surface area contributed by atoms with Crippen LogP contribution in [0.15, 0.2) is 24.3 Å². The molecule has 0 radical (unpaired) electrons. The molecule has 0 aromatic heterocycles. The van der Waals surface area contributed by atoms with Crippen LogP contribution in [0.2, 0.25) is 0 Å². The zero-order valence-electron chi connectivity index (χ0n) is 11.3. The van der Waals surface area contributed by atoms with Crippen LogP contribution >= 0.6 is 15.9 Å². The molecule has 2 rings (SSSR count). The average Bonchev–Trinajstić information content (AvgIpc) is 2.39. The van der Waals surface area contributed by atoms with Gasteiger partial charge in [0.25, 0.3) is 0 Å². The SMILES string of the molecule is CCCC1CCC(c2ccc(C(F)(F)Br)cc2)CC1. The highest BCUT2D eigenvalue weighted by Crippen LogP contribution is 2.39. The lowest BCUT2D eigenvalue weighted by Gasteiger charge is -2.28. The van der Waals surface area contributed by atoms with Crippen molar-refractivity contribution >= 4 is 15.9 Å². The van der Waals surface area contributed by atoms with E-state index in [1.165, 1.54) is 44.1 Å². The Morgan fingerprint density at radius 3 is 2.16 bits per heavy atom. The van der Waals surface area contributed by atoms with Gasteiger partial charge in [-0.25, -0.2) is 0 Å². The van der Waals surface area contributed by atoms with Crippen LogP contribution in [0.3, 0.4) is 0 Å². The van der Waals surface area contributed by atoms with E-state index in [2.05, 4.69) is 22.9 Å². The summed E-state index contributed by atoms with van der Waals surface area (Å²) in [6.45, 7) is 2.24. The van der Waals surface area contributed by atoms with Gasteiger partial charge in [0.1, 0.15) is 0 Å². The van der Waals surface area contributed by atoms with Crippen LogP contribution in [0.1, 0.15) is 62.5 Å². The lowest BCUT2D eigenvalue weighted by molar-refractivity contribution is 0.114. The highest BCUT2D eigenvalue weighted by molar-refractivity contribution is 9.09. The Balaban J connectivity index is 1.97. The van der Waals surface area contributed by atoms with Crippen LogP contribution < -0.4 is 0 Å². The fourth-order valence-corrected chi connectivity index (χ4v) is 3.40. The summed E-state index contributed by atoms with van der Waals surface area (Å²) in [6.07, 6.45) is 7.58. The summed E-state index contributed by atoms with van der Waals surface area (Å²) in [7, 11) is 0. The van der Waals surface area contributed by atoms with Gasteiger partial charge in [-0.05, 0) is 59.0 Å². The van der Waals surface area contributed by atoms with E-state index >= 15 is 0 Å². The van der Waals surface area contributed by atoms with Gasteiger partial charge < -0.3 is 0 Å². The van der Waals surface area contributed by atoms with Crippen molar-refractivity contribution in [1.29, 1.82) is 0 Å². The molecule has 1 aliphatic carbocycles. The summed E-state index contributed by atoms with van der Waals surface area (Å²) < 4.78 is 26.2. The summed E-state index contributed by atoms with van der Waals surface area (Å²) in [5.41, 5.74) is 1.26. The fourth-order valence-electron chi connectivity index (χ4n) is 3.14. The van der Waals surface area contributed by atoms with Crippen molar-refractivity contribution in [2.24, 2.45) is 5.92 Å². The smallest absolute Gasteiger partial charge is 0.188 e.